The molecule has 0 N–H and O–H groups in total. The molecule has 0 radical (unpaired) electrons. The molecular formula is C17H18O2. The largest absolute Gasteiger partial charge is 0.469 e. The average molecular weight is 254 g/mol. The van der Waals surface area contributed by atoms with Crippen LogP contribution in [0.25, 0.3) is 10.8 Å². The van der Waals surface area contributed by atoms with Crippen molar-refractivity contribution in [3.05, 3.63) is 47.5 Å². The first-order valence-corrected chi connectivity index (χ1v) is 6.80. The van der Waals surface area contributed by atoms with Gasteiger partial charge in [0.2, 0.25) is 0 Å². The molecule has 0 aliphatic heterocycles. The van der Waals surface area contributed by atoms with Gasteiger partial charge in [-0.2, -0.15) is 0 Å². The summed E-state index contributed by atoms with van der Waals surface area (Å²) < 4.78 is 4.91. The van der Waals surface area contributed by atoms with E-state index in [0.29, 0.717) is 0 Å². The third-order valence-electron chi connectivity index (χ3n) is 4.33. The minimum absolute atomic E-state index is 0.0722. The highest BCUT2D eigenvalue weighted by Crippen LogP contribution is 2.42. The quantitative estimate of drug-likeness (QED) is 0.764. The Morgan fingerprint density at radius 3 is 2.84 bits per heavy atom. The number of hydrogen-bond donors (Lipinski definition) is 0. The van der Waals surface area contributed by atoms with Gasteiger partial charge in [0.05, 0.1) is 13.0 Å². The van der Waals surface area contributed by atoms with E-state index in [9.17, 15) is 4.79 Å². The Kier molecular flexibility index (Phi) is 3.02. The summed E-state index contributed by atoms with van der Waals surface area (Å²) in [6.45, 7) is 1.98. The Bertz CT molecular complexity index is 630. The van der Waals surface area contributed by atoms with E-state index < -0.39 is 0 Å². The number of ether oxygens (including phenoxy) is 1. The van der Waals surface area contributed by atoms with Crippen molar-refractivity contribution < 1.29 is 9.53 Å². The fourth-order valence-electron chi connectivity index (χ4n) is 3.30. The van der Waals surface area contributed by atoms with E-state index in [4.69, 9.17) is 4.74 Å². The monoisotopic (exact) mass is 254 g/mol. The normalized spacial score (nSPS) is 19.2. The van der Waals surface area contributed by atoms with Gasteiger partial charge in [-0.1, -0.05) is 43.3 Å². The van der Waals surface area contributed by atoms with Crippen LogP contribution in [-0.4, -0.2) is 13.1 Å². The van der Waals surface area contributed by atoms with Crippen LogP contribution in [0.2, 0.25) is 0 Å². The van der Waals surface area contributed by atoms with Gasteiger partial charge >= 0.3 is 5.97 Å². The van der Waals surface area contributed by atoms with Crippen LogP contribution in [-0.2, 0) is 16.0 Å². The highest BCUT2D eigenvalue weighted by molar-refractivity contribution is 5.88. The number of benzene rings is 2. The van der Waals surface area contributed by atoms with Crippen LogP contribution in [0.4, 0.5) is 0 Å². The van der Waals surface area contributed by atoms with Crippen molar-refractivity contribution >= 4 is 16.7 Å². The summed E-state index contributed by atoms with van der Waals surface area (Å²) >= 11 is 0. The number of rotatable bonds is 2. The Morgan fingerprint density at radius 1 is 1.26 bits per heavy atom. The van der Waals surface area contributed by atoms with E-state index in [1.165, 1.54) is 29.0 Å². The molecule has 2 aromatic carbocycles. The summed E-state index contributed by atoms with van der Waals surface area (Å²) in [5, 5.41) is 2.54. The Morgan fingerprint density at radius 2 is 2.05 bits per heavy atom. The molecule has 0 amide bonds. The molecule has 0 heterocycles. The van der Waals surface area contributed by atoms with Crippen LogP contribution in [0, 0.1) is 5.92 Å². The number of esters is 1. The minimum Gasteiger partial charge on any atom is -0.469 e. The minimum atomic E-state index is -0.106. The summed E-state index contributed by atoms with van der Waals surface area (Å²) in [5.41, 5.74) is 2.75. The van der Waals surface area contributed by atoms with Gasteiger partial charge in [0, 0.05) is 0 Å². The first-order chi connectivity index (χ1) is 9.22. The predicted molar refractivity (Wildman–Crippen MR) is 76.2 cm³/mol. The maximum atomic E-state index is 11.8. The van der Waals surface area contributed by atoms with Gasteiger partial charge in [0.1, 0.15) is 0 Å². The molecule has 0 bridgehead atoms. The maximum Gasteiger partial charge on any atom is 0.308 e. The molecule has 19 heavy (non-hydrogen) atoms. The van der Waals surface area contributed by atoms with Crippen LogP contribution in [0.15, 0.2) is 36.4 Å². The highest BCUT2D eigenvalue weighted by atomic mass is 16.5. The summed E-state index contributed by atoms with van der Waals surface area (Å²) in [6.07, 6.45) is 2.10. The van der Waals surface area contributed by atoms with Crippen LogP contribution in [0.3, 0.4) is 0 Å². The van der Waals surface area contributed by atoms with Gasteiger partial charge in [0.25, 0.3) is 0 Å². The molecule has 1 aliphatic carbocycles. The smallest absolute Gasteiger partial charge is 0.308 e. The average Bonchev–Trinajstić information content (AvgIpc) is 2.90. The second-order valence-corrected chi connectivity index (χ2v) is 5.32. The van der Waals surface area contributed by atoms with Crippen molar-refractivity contribution in [3.63, 3.8) is 0 Å². The van der Waals surface area contributed by atoms with E-state index in [0.717, 1.165) is 12.8 Å². The highest BCUT2D eigenvalue weighted by Gasteiger charge is 2.32. The van der Waals surface area contributed by atoms with E-state index in [-0.39, 0.29) is 17.8 Å². The van der Waals surface area contributed by atoms with Gasteiger partial charge in [-0.25, -0.2) is 0 Å². The Labute approximate surface area is 113 Å². The number of carbonyl (C=O) groups excluding carboxylic acids is 1. The fourth-order valence-corrected chi connectivity index (χ4v) is 3.30. The van der Waals surface area contributed by atoms with Crippen molar-refractivity contribution in [2.24, 2.45) is 5.92 Å². The first kappa shape index (κ1) is 12.2. The van der Waals surface area contributed by atoms with Crippen LogP contribution in [0.1, 0.15) is 30.4 Å². The van der Waals surface area contributed by atoms with E-state index in [2.05, 4.69) is 36.4 Å². The fraction of sp³-hybridized carbons (Fsp3) is 0.353. The van der Waals surface area contributed by atoms with Crippen molar-refractivity contribution in [1.29, 1.82) is 0 Å². The molecule has 2 aromatic rings. The summed E-state index contributed by atoms with van der Waals surface area (Å²) in [5.74, 6) is 0.108. The number of hydrogen-bond acceptors (Lipinski definition) is 2. The van der Waals surface area contributed by atoms with Crippen molar-refractivity contribution in [2.75, 3.05) is 7.11 Å². The maximum absolute atomic E-state index is 11.8. The van der Waals surface area contributed by atoms with Crippen LogP contribution >= 0.6 is 0 Å². The summed E-state index contributed by atoms with van der Waals surface area (Å²) in [4.78, 5) is 11.8. The molecule has 0 saturated heterocycles. The first-order valence-electron chi connectivity index (χ1n) is 6.80. The van der Waals surface area contributed by atoms with Crippen molar-refractivity contribution in [1.82, 2.24) is 0 Å². The van der Waals surface area contributed by atoms with Crippen molar-refractivity contribution in [3.8, 4) is 0 Å². The topological polar surface area (TPSA) is 26.3 Å². The molecule has 2 nitrogen and oxygen atoms in total. The van der Waals surface area contributed by atoms with E-state index in [1.807, 2.05) is 6.92 Å². The standard InChI is InChI=1S/C17H18O2/c1-11(17(18)19-2)14-10-9-13-8-7-12-5-3-4-6-15(12)16(13)14/h3-8,11,14H,9-10H2,1-2H3. The van der Waals surface area contributed by atoms with E-state index in [1.54, 1.807) is 0 Å². The van der Waals surface area contributed by atoms with Gasteiger partial charge < -0.3 is 4.74 Å². The summed E-state index contributed by atoms with van der Waals surface area (Å²) in [7, 11) is 1.47. The van der Waals surface area contributed by atoms with Gasteiger partial charge in [-0.05, 0) is 40.7 Å². The number of methoxy groups -OCH3 is 1. The molecule has 3 rings (SSSR count). The SMILES string of the molecule is COC(=O)C(C)C1CCc2ccc3ccccc3c21. The second kappa shape index (κ2) is 4.69. The Hall–Kier alpha value is -1.83. The second-order valence-electron chi connectivity index (χ2n) is 5.32. The van der Waals surface area contributed by atoms with Crippen LogP contribution < -0.4 is 0 Å². The molecule has 1 aliphatic rings. The molecule has 0 spiro atoms. The lowest BCUT2D eigenvalue weighted by molar-refractivity contribution is -0.145. The molecule has 0 saturated carbocycles. The van der Waals surface area contributed by atoms with Gasteiger partial charge in [-0.3, -0.25) is 4.79 Å². The predicted octanol–water partition coefficient (Wildman–Crippen LogP) is 3.68. The molecular weight excluding hydrogens is 236 g/mol. The third kappa shape index (κ3) is 1.92. The molecule has 2 heteroatoms. The zero-order valence-electron chi connectivity index (χ0n) is 11.3. The molecule has 0 aromatic heterocycles. The molecule has 2 unspecified atom stereocenters. The lowest BCUT2D eigenvalue weighted by atomic mass is 9.86. The molecule has 2 atom stereocenters. The van der Waals surface area contributed by atoms with E-state index >= 15 is 0 Å². The lowest BCUT2D eigenvalue weighted by Gasteiger charge is -2.19. The van der Waals surface area contributed by atoms with Gasteiger partial charge in [0.15, 0.2) is 0 Å². The zero-order chi connectivity index (χ0) is 13.4. The third-order valence-corrected chi connectivity index (χ3v) is 4.33. The Balaban J connectivity index is 2.12. The van der Waals surface area contributed by atoms with Crippen LogP contribution in [0.5, 0.6) is 0 Å². The zero-order valence-corrected chi connectivity index (χ0v) is 11.3. The van der Waals surface area contributed by atoms with Crippen molar-refractivity contribution in [2.45, 2.75) is 25.7 Å². The lowest BCUT2D eigenvalue weighted by Crippen LogP contribution is -2.19. The van der Waals surface area contributed by atoms with Gasteiger partial charge in [-0.15, -0.1) is 0 Å². The number of fused-ring (bicyclic) bond motifs is 3. The molecule has 0 fully saturated rings. The number of aryl methyl sites for hydroxylation is 1. The summed E-state index contributed by atoms with van der Waals surface area (Å²) in [6, 6.07) is 12.8. The molecule has 98 valence electrons. The number of carbonyl (C=O) groups is 1.